The summed E-state index contributed by atoms with van der Waals surface area (Å²) in [4.78, 5) is 35.8. The minimum absolute atomic E-state index is 0.151. The van der Waals surface area contributed by atoms with Gasteiger partial charge in [-0.25, -0.2) is 4.79 Å². The second kappa shape index (κ2) is 8.89. The monoisotopic (exact) mass is 400 g/mol. The number of ketones is 1. The summed E-state index contributed by atoms with van der Waals surface area (Å²) >= 11 is 5.86. The molecule has 6 nitrogen and oxygen atoms in total. The molecule has 2 aromatic rings. The van der Waals surface area contributed by atoms with Gasteiger partial charge in [-0.2, -0.15) is 0 Å². The molecule has 146 valence electrons. The molecule has 7 heteroatoms. The summed E-state index contributed by atoms with van der Waals surface area (Å²) in [5.74, 6) is -0.864. The van der Waals surface area contributed by atoms with Crippen molar-refractivity contribution in [3.8, 4) is 0 Å². The van der Waals surface area contributed by atoms with Gasteiger partial charge in [-0.3, -0.25) is 9.59 Å². The normalized spacial score (nSPS) is 13.5. The van der Waals surface area contributed by atoms with E-state index in [9.17, 15) is 14.4 Å². The van der Waals surface area contributed by atoms with Gasteiger partial charge in [-0.05, 0) is 54.2 Å². The molecule has 0 heterocycles. The van der Waals surface area contributed by atoms with E-state index in [4.69, 9.17) is 22.1 Å². The molecule has 28 heavy (non-hydrogen) atoms. The molecule has 0 unspecified atom stereocenters. The molecule has 3 rings (SSSR count). The van der Waals surface area contributed by atoms with Crippen molar-refractivity contribution in [1.29, 1.82) is 0 Å². The van der Waals surface area contributed by atoms with Gasteiger partial charge in [0.2, 0.25) is 0 Å². The molecule has 1 aliphatic carbocycles. The zero-order chi connectivity index (χ0) is 20.1. The number of ether oxygens (including phenoxy) is 1. The zero-order valence-corrected chi connectivity index (χ0v) is 16.0. The van der Waals surface area contributed by atoms with Gasteiger partial charge >= 0.3 is 12.0 Å². The molecule has 2 aromatic carbocycles. The molecule has 1 aliphatic rings. The molecule has 0 aliphatic heterocycles. The number of urea groups is 1. The smallest absolute Gasteiger partial charge is 0.312 e. The first-order chi connectivity index (χ1) is 13.4. The Balaban J connectivity index is 1.58. The summed E-state index contributed by atoms with van der Waals surface area (Å²) in [5.41, 5.74) is 8.85. The number of Topliss-reactive ketones (excluding diaryl/α,β-unsaturated/α-hetero) is 1. The van der Waals surface area contributed by atoms with Gasteiger partial charge in [0.1, 0.15) is 0 Å². The molecule has 0 radical (unpaired) electrons. The van der Waals surface area contributed by atoms with Crippen LogP contribution in [0.1, 0.15) is 45.9 Å². The highest BCUT2D eigenvalue weighted by Crippen LogP contribution is 2.23. The van der Waals surface area contributed by atoms with Crippen LogP contribution in [0.25, 0.3) is 0 Å². The van der Waals surface area contributed by atoms with Crippen molar-refractivity contribution in [3.05, 3.63) is 69.7 Å². The number of esters is 1. The number of nitrogens with two attached hydrogens (primary N) is 1. The number of amides is 2. The van der Waals surface area contributed by atoms with Crippen LogP contribution in [0.15, 0.2) is 42.5 Å². The minimum atomic E-state index is -0.762. The predicted octanol–water partition coefficient (Wildman–Crippen LogP) is 3.35. The Labute approximate surface area is 168 Å². The van der Waals surface area contributed by atoms with Gasteiger partial charge in [0.05, 0.1) is 12.5 Å². The van der Waals surface area contributed by atoms with E-state index in [1.165, 1.54) is 11.1 Å². The lowest BCUT2D eigenvalue weighted by Gasteiger charge is -2.17. The Morgan fingerprint density at radius 1 is 1.07 bits per heavy atom. The van der Waals surface area contributed by atoms with Crippen molar-refractivity contribution in [1.82, 2.24) is 5.32 Å². The molecular formula is C21H21ClN2O4. The molecule has 3 N–H and O–H groups in total. The Hall–Kier alpha value is -2.86. The fourth-order valence-corrected chi connectivity index (χ4v) is 3.45. The molecule has 2 amide bonds. The van der Waals surface area contributed by atoms with E-state index >= 15 is 0 Å². The van der Waals surface area contributed by atoms with E-state index in [1.54, 1.807) is 30.3 Å². The van der Waals surface area contributed by atoms with E-state index < -0.39 is 18.0 Å². The maximum Gasteiger partial charge on any atom is 0.312 e. The van der Waals surface area contributed by atoms with Gasteiger partial charge in [-0.15, -0.1) is 0 Å². The average molecular weight is 401 g/mol. The van der Waals surface area contributed by atoms with Crippen LogP contribution in [0.5, 0.6) is 0 Å². The number of rotatable bonds is 7. The van der Waals surface area contributed by atoms with E-state index in [1.807, 2.05) is 12.1 Å². The maximum absolute atomic E-state index is 12.3. The van der Waals surface area contributed by atoms with Crippen LogP contribution in [0.2, 0.25) is 5.02 Å². The van der Waals surface area contributed by atoms with Crippen LogP contribution in [0.4, 0.5) is 4.79 Å². The van der Waals surface area contributed by atoms with Crippen molar-refractivity contribution in [2.45, 2.75) is 31.7 Å². The Bertz CT molecular complexity index is 896. The third-order valence-corrected chi connectivity index (χ3v) is 5.00. The van der Waals surface area contributed by atoms with Crippen molar-refractivity contribution in [2.75, 3.05) is 6.61 Å². The number of hydrogen-bond acceptors (Lipinski definition) is 4. The van der Waals surface area contributed by atoms with E-state index in [0.29, 0.717) is 16.1 Å². The minimum Gasteiger partial charge on any atom is -0.457 e. The van der Waals surface area contributed by atoms with Gasteiger partial charge in [0.25, 0.3) is 0 Å². The molecule has 0 saturated heterocycles. The Morgan fingerprint density at radius 2 is 1.79 bits per heavy atom. The van der Waals surface area contributed by atoms with Crippen molar-refractivity contribution in [2.24, 2.45) is 5.73 Å². The standard InChI is InChI=1S/C21H21ClN2O4/c22-17-8-6-14(7-9-17)18(24-21(23)27)11-20(26)28-12-19(25)16-5-4-13-2-1-3-15(13)10-16/h4-10,18H,1-3,11-12H2,(H3,23,24,27)/t18-/m0/s1. The van der Waals surface area contributed by atoms with Gasteiger partial charge in [0.15, 0.2) is 12.4 Å². The Morgan fingerprint density at radius 3 is 2.50 bits per heavy atom. The molecule has 1 atom stereocenters. The van der Waals surface area contributed by atoms with Crippen LogP contribution in [-0.4, -0.2) is 24.4 Å². The van der Waals surface area contributed by atoms with Crippen molar-refractivity contribution in [3.63, 3.8) is 0 Å². The zero-order valence-electron chi connectivity index (χ0n) is 15.2. The third kappa shape index (κ3) is 5.10. The SMILES string of the molecule is NC(=O)N[C@@H](CC(=O)OCC(=O)c1ccc2c(c1)CCC2)c1ccc(Cl)cc1. The highest BCUT2D eigenvalue weighted by molar-refractivity contribution is 6.30. The van der Waals surface area contributed by atoms with Crippen LogP contribution in [-0.2, 0) is 22.4 Å². The summed E-state index contributed by atoms with van der Waals surface area (Å²) in [6, 6.07) is 10.8. The largest absolute Gasteiger partial charge is 0.457 e. The molecule has 0 spiro atoms. The average Bonchev–Trinajstić information content (AvgIpc) is 3.13. The first-order valence-corrected chi connectivity index (χ1v) is 9.42. The molecule has 0 bridgehead atoms. The Kier molecular flexibility index (Phi) is 6.31. The first-order valence-electron chi connectivity index (χ1n) is 9.04. The van der Waals surface area contributed by atoms with E-state index in [2.05, 4.69) is 5.32 Å². The summed E-state index contributed by atoms with van der Waals surface area (Å²) in [6.07, 6.45) is 2.96. The number of benzene rings is 2. The highest BCUT2D eigenvalue weighted by Gasteiger charge is 2.20. The van der Waals surface area contributed by atoms with Crippen LogP contribution in [0.3, 0.4) is 0 Å². The number of aryl methyl sites for hydroxylation is 2. The summed E-state index contributed by atoms with van der Waals surface area (Å²) in [7, 11) is 0. The van der Waals surface area contributed by atoms with E-state index in [-0.39, 0.29) is 18.8 Å². The van der Waals surface area contributed by atoms with Crippen LogP contribution in [0, 0.1) is 0 Å². The number of carbonyl (C=O) groups is 3. The third-order valence-electron chi connectivity index (χ3n) is 4.74. The number of carbonyl (C=O) groups excluding carboxylic acids is 3. The maximum atomic E-state index is 12.3. The molecule has 0 fully saturated rings. The van der Waals surface area contributed by atoms with Gasteiger partial charge < -0.3 is 15.8 Å². The number of nitrogens with one attached hydrogen (secondary N) is 1. The van der Waals surface area contributed by atoms with Gasteiger partial charge in [-0.1, -0.05) is 35.9 Å². The first kappa shape index (κ1) is 19.9. The summed E-state index contributed by atoms with van der Waals surface area (Å²) in [5, 5.41) is 3.04. The van der Waals surface area contributed by atoms with Crippen LogP contribution >= 0.6 is 11.6 Å². The lowest BCUT2D eigenvalue weighted by molar-refractivity contribution is -0.143. The molecule has 0 saturated carbocycles. The second-order valence-electron chi connectivity index (χ2n) is 6.74. The lowest BCUT2D eigenvalue weighted by atomic mass is 10.0. The number of halogens is 1. The fraction of sp³-hybridized carbons (Fsp3) is 0.286. The molecular weight excluding hydrogens is 380 g/mol. The van der Waals surface area contributed by atoms with Crippen LogP contribution < -0.4 is 11.1 Å². The summed E-state index contributed by atoms with van der Waals surface area (Å²) in [6.45, 7) is -0.346. The molecule has 0 aromatic heterocycles. The number of fused-ring (bicyclic) bond motifs is 1. The second-order valence-corrected chi connectivity index (χ2v) is 7.17. The number of primary amides is 1. The predicted molar refractivity (Wildman–Crippen MR) is 105 cm³/mol. The van der Waals surface area contributed by atoms with Crippen molar-refractivity contribution >= 4 is 29.4 Å². The van der Waals surface area contributed by atoms with Gasteiger partial charge in [0, 0.05) is 10.6 Å². The number of hydrogen-bond donors (Lipinski definition) is 2. The lowest BCUT2D eigenvalue weighted by Crippen LogP contribution is -2.34. The highest BCUT2D eigenvalue weighted by atomic mass is 35.5. The fourth-order valence-electron chi connectivity index (χ4n) is 3.32. The van der Waals surface area contributed by atoms with Crippen molar-refractivity contribution < 1.29 is 19.1 Å². The quantitative estimate of drug-likeness (QED) is 0.550. The van der Waals surface area contributed by atoms with E-state index in [0.717, 1.165) is 19.3 Å². The topological polar surface area (TPSA) is 98.5 Å². The summed E-state index contributed by atoms with van der Waals surface area (Å²) < 4.78 is 5.13.